The minimum atomic E-state index is -0.593. The van der Waals surface area contributed by atoms with Gasteiger partial charge in [-0.1, -0.05) is 82.9 Å². The molecule has 0 aliphatic carbocycles. The van der Waals surface area contributed by atoms with Crippen LogP contribution < -0.4 is 4.74 Å². The molecule has 0 bridgehead atoms. The molecule has 0 unspecified atom stereocenters. The summed E-state index contributed by atoms with van der Waals surface area (Å²) in [5.74, 6) is -0.680. The van der Waals surface area contributed by atoms with E-state index in [4.69, 9.17) is 9.47 Å². The van der Waals surface area contributed by atoms with E-state index in [-0.39, 0.29) is 22.4 Å². The van der Waals surface area contributed by atoms with Gasteiger partial charge in [0.25, 0.3) is 0 Å². The lowest BCUT2D eigenvalue weighted by Crippen LogP contribution is -2.11. The van der Waals surface area contributed by atoms with Gasteiger partial charge in [0, 0.05) is 11.6 Å². The van der Waals surface area contributed by atoms with Crippen LogP contribution in [0.1, 0.15) is 97.4 Å². The Morgan fingerprint density at radius 2 is 1.38 bits per heavy atom. The van der Waals surface area contributed by atoms with E-state index < -0.39 is 11.8 Å². The number of carbonyl (C=O) groups is 2. The van der Waals surface area contributed by atoms with Gasteiger partial charge in [-0.2, -0.15) is 0 Å². The minimum absolute atomic E-state index is 0.118. The number of rotatable bonds is 15. The zero-order chi connectivity index (χ0) is 23.2. The number of phenolic OH excluding ortho intramolecular Hbond substituents is 1. The molecule has 0 aliphatic rings. The second kappa shape index (κ2) is 14.3. The van der Waals surface area contributed by atoms with E-state index in [2.05, 4.69) is 6.92 Å². The molecule has 1 N–H and O–H groups in total. The molecule has 0 aliphatic heterocycles. The molecule has 0 spiro atoms. The minimum Gasteiger partial charge on any atom is -0.507 e. The van der Waals surface area contributed by atoms with E-state index >= 15 is 0 Å². The van der Waals surface area contributed by atoms with Crippen molar-refractivity contribution in [3.05, 3.63) is 59.2 Å². The average Bonchev–Trinajstić information content (AvgIpc) is 2.81. The Bertz CT molecular complexity index is 859. The Labute approximate surface area is 191 Å². The van der Waals surface area contributed by atoms with Gasteiger partial charge in [0.05, 0.1) is 24.8 Å². The quantitative estimate of drug-likeness (QED) is 0.189. The van der Waals surface area contributed by atoms with E-state index in [0.717, 1.165) is 12.8 Å². The number of carbonyl (C=O) groups excluding carboxylic acids is 2. The predicted octanol–water partition coefficient (Wildman–Crippen LogP) is 6.71. The highest BCUT2D eigenvalue weighted by atomic mass is 16.5. The third-order valence-electron chi connectivity index (χ3n) is 5.56. The molecule has 0 saturated heterocycles. The molecule has 5 heteroatoms. The van der Waals surface area contributed by atoms with Crippen molar-refractivity contribution in [3.8, 4) is 11.5 Å². The van der Waals surface area contributed by atoms with Crippen LogP contribution in [-0.2, 0) is 4.74 Å². The normalized spacial score (nSPS) is 10.7. The summed E-state index contributed by atoms with van der Waals surface area (Å²) in [5, 5.41) is 10.4. The van der Waals surface area contributed by atoms with Crippen LogP contribution in [0.2, 0.25) is 0 Å². The largest absolute Gasteiger partial charge is 0.507 e. The molecule has 2 aromatic rings. The van der Waals surface area contributed by atoms with Crippen LogP contribution >= 0.6 is 0 Å². The Balaban J connectivity index is 1.78. The molecule has 5 nitrogen and oxygen atoms in total. The number of hydrogen-bond acceptors (Lipinski definition) is 5. The monoisotopic (exact) mass is 440 g/mol. The summed E-state index contributed by atoms with van der Waals surface area (Å²) >= 11 is 0. The van der Waals surface area contributed by atoms with Crippen molar-refractivity contribution in [1.29, 1.82) is 0 Å². The van der Waals surface area contributed by atoms with Crippen LogP contribution in [0.5, 0.6) is 11.5 Å². The number of unbranched alkanes of at least 4 members (excludes halogenated alkanes) is 9. The van der Waals surface area contributed by atoms with Gasteiger partial charge >= 0.3 is 5.97 Å². The molecule has 32 heavy (non-hydrogen) atoms. The van der Waals surface area contributed by atoms with Gasteiger partial charge in [0.15, 0.2) is 5.78 Å². The van der Waals surface area contributed by atoms with Crippen molar-refractivity contribution in [1.82, 2.24) is 0 Å². The number of methoxy groups -OCH3 is 1. The van der Waals surface area contributed by atoms with Crippen LogP contribution in [0.3, 0.4) is 0 Å². The highest BCUT2D eigenvalue weighted by molar-refractivity contribution is 6.15. The number of ketones is 1. The lowest BCUT2D eigenvalue weighted by atomic mass is 9.97. The number of benzene rings is 2. The maximum absolute atomic E-state index is 12.9. The van der Waals surface area contributed by atoms with Gasteiger partial charge in [-0.05, 0) is 24.6 Å². The summed E-state index contributed by atoms with van der Waals surface area (Å²) in [6, 6.07) is 11.0. The third kappa shape index (κ3) is 8.03. The molecule has 2 aromatic carbocycles. The fraction of sp³-hybridized carbons (Fsp3) is 0.481. The topological polar surface area (TPSA) is 72.8 Å². The zero-order valence-corrected chi connectivity index (χ0v) is 19.4. The molecule has 2 rings (SSSR count). The highest BCUT2D eigenvalue weighted by Gasteiger charge is 2.21. The molecular weight excluding hydrogens is 404 g/mol. The van der Waals surface area contributed by atoms with Gasteiger partial charge in [-0.25, -0.2) is 4.79 Å². The Morgan fingerprint density at radius 1 is 0.781 bits per heavy atom. The standard InChI is InChI=1S/C27H36O5/c1-3-4-5-6-7-8-9-10-11-14-19-32-21-17-18-24(25(28)20-21)26(29)22-15-12-13-16-23(22)27(30)31-2/h12-13,15-18,20,28H,3-11,14,19H2,1-2H3. The van der Waals surface area contributed by atoms with Crippen molar-refractivity contribution in [2.75, 3.05) is 13.7 Å². The van der Waals surface area contributed by atoms with Crippen LogP contribution in [0.25, 0.3) is 0 Å². The van der Waals surface area contributed by atoms with Gasteiger partial charge in [-0.3, -0.25) is 4.79 Å². The van der Waals surface area contributed by atoms with Gasteiger partial charge in [0.2, 0.25) is 0 Å². The third-order valence-corrected chi connectivity index (χ3v) is 5.56. The second-order valence-corrected chi connectivity index (χ2v) is 8.08. The highest BCUT2D eigenvalue weighted by Crippen LogP contribution is 2.27. The van der Waals surface area contributed by atoms with E-state index in [0.29, 0.717) is 12.4 Å². The van der Waals surface area contributed by atoms with E-state index in [1.54, 1.807) is 24.3 Å². The molecule has 174 valence electrons. The van der Waals surface area contributed by atoms with Crippen molar-refractivity contribution >= 4 is 11.8 Å². The summed E-state index contributed by atoms with van der Waals surface area (Å²) in [6.07, 6.45) is 12.6. The van der Waals surface area contributed by atoms with Crippen LogP contribution in [-0.4, -0.2) is 30.6 Å². The van der Waals surface area contributed by atoms with Crippen LogP contribution in [0.4, 0.5) is 0 Å². The van der Waals surface area contributed by atoms with Crippen molar-refractivity contribution in [2.45, 2.75) is 71.1 Å². The first-order valence-electron chi connectivity index (χ1n) is 11.8. The van der Waals surface area contributed by atoms with Gasteiger partial charge in [-0.15, -0.1) is 0 Å². The summed E-state index contributed by atoms with van der Waals surface area (Å²) in [5.41, 5.74) is 0.474. The summed E-state index contributed by atoms with van der Waals surface area (Å²) < 4.78 is 10.5. The zero-order valence-electron chi connectivity index (χ0n) is 19.4. The fourth-order valence-corrected chi connectivity index (χ4v) is 3.69. The Hall–Kier alpha value is -2.82. The van der Waals surface area contributed by atoms with Crippen molar-refractivity contribution < 1.29 is 24.2 Å². The smallest absolute Gasteiger partial charge is 0.338 e. The number of esters is 1. The molecule has 0 fully saturated rings. The number of phenols is 1. The Kier molecular flexibility index (Phi) is 11.4. The van der Waals surface area contributed by atoms with Crippen molar-refractivity contribution in [3.63, 3.8) is 0 Å². The average molecular weight is 441 g/mol. The predicted molar refractivity (Wildman–Crippen MR) is 127 cm³/mol. The van der Waals surface area contributed by atoms with Crippen LogP contribution in [0.15, 0.2) is 42.5 Å². The SMILES string of the molecule is CCCCCCCCCCCCOc1ccc(C(=O)c2ccccc2C(=O)OC)c(O)c1. The first-order chi connectivity index (χ1) is 15.6. The Morgan fingerprint density at radius 3 is 1.97 bits per heavy atom. The molecule has 0 heterocycles. The van der Waals surface area contributed by atoms with E-state index in [1.165, 1.54) is 76.7 Å². The lowest BCUT2D eigenvalue weighted by Gasteiger charge is -2.11. The second-order valence-electron chi connectivity index (χ2n) is 8.08. The van der Waals surface area contributed by atoms with Crippen LogP contribution in [0, 0.1) is 0 Å². The first kappa shape index (κ1) is 25.4. The molecular formula is C27H36O5. The molecule has 0 aromatic heterocycles. The van der Waals surface area contributed by atoms with E-state index in [1.807, 2.05) is 0 Å². The number of aromatic hydroxyl groups is 1. The number of hydrogen-bond donors (Lipinski definition) is 1. The lowest BCUT2D eigenvalue weighted by molar-refractivity contribution is 0.0597. The molecule has 0 atom stereocenters. The van der Waals surface area contributed by atoms with Gasteiger partial charge < -0.3 is 14.6 Å². The first-order valence-corrected chi connectivity index (χ1v) is 11.8. The maximum Gasteiger partial charge on any atom is 0.338 e. The van der Waals surface area contributed by atoms with Crippen molar-refractivity contribution in [2.24, 2.45) is 0 Å². The fourth-order valence-electron chi connectivity index (χ4n) is 3.69. The summed E-state index contributed by atoms with van der Waals surface area (Å²) in [6.45, 7) is 2.82. The summed E-state index contributed by atoms with van der Waals surface area (Å²) in [4.78, 5) is 24.8. The molecule has 0 saturated carbocycles. The van der Waals surface area contributed by atoms with E-state index in [9.17, 15) is 14.7 Å². The van der Waals surface area contributed by atoms with Gasteiger partial charge in [0.1, 0.15) is 11.5 Å². The molecule has 0 radical (unpaired) electrons. The maximum atomic E-state index is 12.9. The summed E-state index contributed by atoms with van der Waals surface area (Å²) in [7, 11) is 1.27. The molecule has 0 amide bonds. The number of ether oxygens (including phenoxy) is 2.